The van der Waals surface area contributed by atoms with Gasteiger partial charge < -0.3 is 0 Å². The molecule has 0 amide bonds. The Morgan fingerprint density at radius 3 is 2.76 bits per heavy atom. The van der Waals surface area contributed by atoms with Crippen molar-refractivity contribution in [3.05, 3.63) is 50.0 Å². The van der Waals surface area contributed by atoms with Crippen LogP contribution in [0.3, 0.4) is 0 Å². The maximum Gasteiger partial charge on any atom is 0.290 e. The van der Waals surface area contributed by atoms with E-state index in [9.17, 15) is 14.5 Å². The van der Waals surface area contributed by atoms with Crippen LogP contribution >= 0.6 is 11.6 Å². The normalized spacial score (nSPS) is 14.0. The topological polar surface area (TPSA) is 61.0 Å². The van der Waals surface area contributed by atoms with Crippen molar-refractivity contribution < 1.29 is 9.31 Å². The van der Waals surface area contributed by atoms with Gasteiger partial charge in [0, 0.05) is 17.8 Å². The van der Waals surface area contributed by atoms with E-state index < -0.39 is 10.7 Å². The molecule has 1 heterocycles. The van der Waals surface area contributed by atoms with Crippen LogP contribution in [-0.2, 0) is 12.8 Å². The van der Waals surface area contributed by atoms with Crippen molar-refractivity contribution in [1.82, 2.24) is 9.78 Å². The van der Waals surface area contributed by atoms with E-state index in [1.807, 2.05) is 6.92 Å². The molecule has 0 spiro atoms. The van der Waals surface area contributed by atoms with Gasteiger partial charge in [0.15, 0.2) is 5.82 Å². The average Bonchev–Trinajstić information content (AvgIpc) is 2.76. The quantitative estimate of drug-likeness (QED) is 0.627. The van der Waals surface area contributed by atoms with Gasteiger partial charge in [-0.1, -0.05) is 11.6 Å². The lowest BCUT2D eigenvalue weighted by molar-refractivity contribution is -0.384. The van der Waals surface area contributed by atoms with Crippen molar-refractivity contribution in [3.63, 3.8) is 0 Å². The number of benzene rings is 1. The first-order valence-corrected chi connectivity index (χ1v) is 7.08. The zero-order valence-electron chi connectivity index (χ0n) is 11.4. The molecule has 21 heavy (non-hydrogen) atoms. The van der Waals surface area contributed by atoms with Crippen LogP contribution in [-0.4, -0.2) is 14.7 Å². The van der Waals surface area contributed by atoms with Crippen molar-refractivity contribution in [3.8, 4) is 5.69 Å². The van der Waals surface area contributed by atoms with Crippen molar-refractivity contribution >= 4 is 17.3 Å². The molecule has 0 saturated heterocycles. The third-order valence-corrected chi connectivity index (χ3v) is 4.16. The number of hydrogen-bond donors (Lipinski definition) is 0. The number of aryl methyl sites for hydroxylation is 1. The molecular weight excluding hydrogens is 297 g/mol. The molecule has 1 aliphatic carbocycles. The van der Waals surface area contributed by atoms with E-state index in [0.29, 0.717) is 0 Å². The van der Waals surface area contributed by atoms with Gasteiger partial charge in [0.05, 0.1) is 10.6 Å². The van der Waals surface area contributed by atoms with Gasteiger partial charge in [-0.25, -0.2) is 9.07 Å². The lowest BCUT2D eigenvalue weighted by atomic mass is 9.96. The van der Waals surface area contributed by atoms with Gasteiger partial charge in [0.2, 0.25) is 0 Å². The summed E-state index contributed by atoms with van der Waals surface area (Å²) in [5.41, 5.74) is 2.66. The first-order valence-electron chi connectivity index (χ1n) is 6.70. The van der Waals surface area contributed by atoms with Crippen LogP contribution in [0.1, 0.15) is 29.8 Å². The number of halogens is 2. The van der Waals surface area contributed by atoms with Crippen molar-refractivity contribution in [2.45, 2.75) is 32.6 Å². The molecule has 1 aromatic heterocycles. The zero-order valence-corrected chi connectivity index (χ0v) is 12.2. The molecule has 0 radical (unpaired) electrons. The van der Waals surface area contributed by atoms with E-state index in [0.717, 1.165) is 54.8 Å². The molecule has 0 fully saturated rings. The minimum atomic E-state index is -0.621. The highest BCUT2D eigenvalue weighted by Gasteiger charge is 2.23. The fourth-order valence-electron chi connectivity index (χ4n) is 2.78. The van der Waals surface area contributed by atoms with Crippen LogP contribution in [0.25, 0.3) is 5.69 Å². The summed E-state index contributed by atoms with van der Waals surface area (Å²) in [7, 11) is 0. The second-order valence-corrected chi connectivity index (χ2v) is 5.55. The maximum absolute atomic E-state index is 14.2. The van der Waals surface area contributed by atoms with E-state index in [1.54, 1.807) is 0 Å². The van der Waals surface area contributed by atoms with Crippen LogP contribution < -0.4 is 0 Å². The van der Waals surface area contributed by atoms with Crippen LogP contribution in [0.2, 0.25) is 5.02 Å². The Hall–Kier alpha value is -1.95. The Balaban J connectivity index is 2.19. The summed E-state index contributed by atoms with van der Waals surface area (Å²) in [6.07, 6.45) is 3.93. The second-order valence-electron chi connectivity index (χ2n) is 5.14. The molecule has 1 aliphatic rings. The molecule has 3 rings (SSSR count). The van der Waals surface area contributed by atoms with Crippen LogP contribution in [0.4, 0.5) is 10.1 Å². The maximum atomic E-state index is 14.2. The van der Waals surface area contributed by atoms with Gasteiger partial charge in [-0.2, -0.15) is 5.10 Å². The number of fused-ring (bicyclic) bond motifs is 1. The fraction of sp³-hybridized carbons (Fsp3) is 0.357. The Kier molecular flexibility index (Phi) is 3.41. The molecule has 5 nitrogen and oxygen atoms in total. The molecule has 0 aliphatic heterocycles. The highest BCUT2D eigenvalue weighted by atomic mass is 35.5. The van der Waals surface area contributed by atoms with Crippen molar-refractivity contribution in [2.24, 2.45) is 0 Å². The highest BCUT2D eigenvalue weighted by molar-refractivity contribution is 6.32. The predicted molar refractivity (Wildman–Crippen MR) is 76.6 cm³/mol. The lowest BCUT2D eigenvalue weighted by Crippen LogP contribution is -2.04. The van der Waals surface area contributed by atoms with Crippen LogP contribution in [0.5, 0.6) is 0 Å². The largest absolute Gasteiger partial charge is 0.290 e. The monoisotopic (exact) mass is 309 g/mol. The van der Waals surface area contributed by atoms with Crippen LogP contribution in [0, 0.1) is 22.9 Å². The van der Waals surface area contributed by atoms with Gasteiger partial charge in [0.25, 0.3) is 5.69 Å². The number of hydrogen-bond acceptors (Lipinski definition) is 3. The number of nitrogens with zero attached hydrogens (tertiary/aromatic N) is 3. The SMILES string of the molecule is Cc1c2c(nn1-c1cc([N+](=O)[O-])c(Cl)cc1F)CCCC2. The third kappa shape index (κ3) is 2.29. The van der Waals surface area contributed by atoms with E-state index in [-0.39, 0.29) is 16.4 Å². The molecule has 0 bridgehead atoms. The Labute approximate surface area is 125 Å². The second kappa shape index (κ2) is 5.11. The molecule has 1 aromatic carbocycles. The number of rotatable bonds is 2. The van der Waals surface area contributed by atoms with E-state index in [4.69, 9.17) is 11.6 Å². The molecule has 2 aromatic rings. The molecular formula is C14H13ClFN3O2. The van der Waals surface area contributed by atoms with Crippen molar-refractivity contribution in [2.75, 3.05) is 0 Å². The molecule has 7 heteroatoms. The molecule has 0 N–H and O–H groups in total. The molecule has 0 saturated carbocycles. The zero-order chi connectivity index (χ0) is 15.1. The van der Waals surface area contributed by atoms with Gasteiger partial charge >= 0.3 is 0 Å². The van der Waals surface area contributed by atoms with Gasteiger partial charge in [0.1, 0.15) is 10.7 Å². The summed E-state index contributed by atoms with van der Waals surface area (Å²) >= 11 is 5.71. The Morgan fingerprint density at radius 2 is 2.10 bits per heavy atom. The minimum absolute atomic E-state index is 0.0676. The third-order valence-electron chi connectivity index (χ3n) is 3.86. The number of nitro benzene ring substituents is 1. The van der Waals surface area contributed by atoms with E-state index in [1.165, 1.54) is 4.68 Å². The lowest BCUT2D eigenvalue weighted by Gasteiger charge is -2.09. The van der Waals surface area contributed by atoms with Gasteiger partial charge in [-0.15, -0.1) is 0 Å². The van der Waals surface area contributed by atoms with E-state index >= 15 is 0 Å². The summed E-state index contributed by atoms with van der Waals surface area (Å²) in [6, 6.07) is 2.11. The van der Waals surface area contributed by atoms with Crippen molar-refractivity contribution in [1.29, 1.82) is 0 Å². The molecule has 110 valence electrons. The summed E-state index contributed by atoms with van der Waals surface area (Å²) < 4.78 is 15.6. The number of nitro groups is 1. The highest BCUT2D eigenvalue weighted by Crippen LogP contribution is 2.32. The summed E-state index contributed by atoms with van der Waals surface area (Å²) in [5.74, 6) is -0.617. The molecule has 0 atom stereocenters. The number of aromatic nitrogens is 2. The van der Waals surface area contributed by atoms with E-state index in [2.05, 4.69) is 5.10 Å². The van der Waals surface area contributed by atoms with Gasteiger partial charge in [-0.05, 0) is 38.2 Å². The molecule has 0 unspecified atom stereocenters. The Morgan fingerprint density at radius 1 is 1.38 bits per heavy atom. The smallest absolute Gasteiger partial charge is 0.258 e. The minimum Gasteiger partial charge on any atom is -0.258 e. The first-order chi connectivity index (χ1) is 9.99. The standard InChI is InChI=1S/C14H13ClFN3O2/c1-8-9-4-2-3-5-12(9)17-18(8)14-7-13(19(20)21)10(15)6-11(14)16/h6-7H,2-5H2,1H3. The summed E-state index contributed by atoms with van der Waals surface area (Å²) in [5, 5.41) is 15.2. The van der Waals surface area contributed by atoms with Gasteiger partial charge in [-0.3, -0.25) is 10.1 Å². The Bertz CT molecular complexity index is 742. The van der Waals surface area contributed by atoms with Crippen LogP contribution in [0.15, 0.2) is 12.1 Å². The first kappa shape index (κ1) is 14.0. The fourth-order valence-corrected chi connectivity index (χ4v) is 3.00. The average molecular weight is 310 g/mol. The summed E-state index contributed by atoms with van der Waals surface area (Å²) in [4.78, 5) is 10.3. The summed E-state index contributed by atoms with van der Waals surface area (Å²) in [6.45, 7) is 1.86. The predicted octanol–water partition coefficient (Wildman–Crippen LogP) is 3.76.